The molecule has 0 aliphatic rings. The van der Waals surface area contributed by atoms with Crippen molar-refractivity contribution >= 4 is 21.8 Å². The molecule has 1 aromatic carbocycles. The highest BCUT2D eigenvalue weighted by molar-refractivity contribution is 7.92. The van der Waals surface area contributed by atoms with E-state index < -0.39 is 16.0 Å². The van der Waals surface area contributed by atoms with Crippen molar-refractivity contribution in [2.45, 2.75) is 11.8 Å². The molecule has 0 saturated heterocycles. The molecule has 8 nitrogen and oxygen atoms in total. The van der Waals surface area contributed by atoms with Crippen LogP contribution in [0.3, 0.4) is 0 Å². The smallest absolute Gasteiger partial charge is 0.343 e. The van der Waals surface area contributed by atoms with Crippen molar-refractivity contribution in [1.29, 1.82) is 0 Å². The summed E-state index contributed by atoms with van der Waals surface area (Å²) in [5.74, 6) is -0.597. The van der Waals surface area contributed by atoms with E-state index in [9.17, 15) is 13.2 Å². The summed E-state index contributed by atoms with van der Waals surface area (Å²) in [6.07, 6.45) is 4.63. The Bertz CT molecular complexity index is 1040. The minimum absolute atomic E-state index is 0.0461. The summed E-state index contributed by atoms with van der Waals surface area (Å²) in [7, 11) is -2.38. The van der Waals surface area contributed by atoms with Gasteiger partial charge in [-0.15, -0.1) is 0 Å². The first-order valence-electron chi connectivity index (χ1n) is 8.15. The first-order valence-corrected chi connectivity index (χ1v) is 9.63. The van der Waals surface area contributed by atoms with Gasteiger partial charge in [-0.05, 0) is 36.2 Å². The average Bonchev–Trinajstić information content (AvgIpc) is 3.03. The summed E-state index contributed by atoms with van der Waals surface area (Å²) in [4.78, 5) is 16.1. The van der Waals surface area contributed by atoms with Gasteiger partial charge >= 0.3 is 5.97 Å². The molecule has 140 valence electrons. The van der Waals surface area contributed by atoms with Crippen LogP contribution in [-0.4, -0.2) is 35.8 Å². The predicted molar refractivity (Wildman–Crippen MR) is 99.6 cm³/mol. The maximum absolute atomic E-state index is 12.7. The normalized spacial score (nSPS) is 11.2. The number of hydrogen-bond donors (Lipinski definition) is 1. The monoisotopic (exact) mass is 386 g/mol. The number of rotatable bonds is 6. The number of carbonyl (C=O) groups excluding carboxylic acids is 1. The lowest BCUT2D eigenvalue weighted by Gasteiger charge is -2.11. The van der Waals surface area contributed by atoms with Gasteiger partial charge in [0.2, 0.25) is 0 Å². The zero-order valence-corrected chi connectivity index (χ0v) is 15.6. The molecule has 0 amide bonds. The van der Waals surface area contributed by atoms with Crippen LogP contribution in [0.1, 0.15) is 17.3 Å². The van der Waals surface area contributed by atoms with Gasteiger partial charge in [0.05, 0.1) is 17.7 Å². The number of aryl methyl sites for hydroxylation is 1. The zero-order chi connectivity index (χ0) is 19.4. The number of aromatic nitrogens is 3. The number of nitrogens with zero attached hydrogens (tertiary/aromatic N) is 3. The second-order valence-electron chi connectivity index (χ2n) is 5.62. The average molecular weight is 386 g/mol. The fraction of sp³-hybridized carbons (Fsp3) is 0.167. The fourth-order valence-electron chi connectivity index (χ4n) is 2.46. The van der Waals surface area contributed by atoms with Crippen LogP contribution in [0, 0.1) is 0 Å². The van der Waals surface area contributed by atoms with Crippen LogP contribution in [0.15, 0.2) is 59.9 Å². The SMILES string of the molecule is CCOC(=O)c1cnn(C)c1NS(=O)(=O)c1ccc(-c2cccnc2)cc1. The molecule has 1 N–H and O–H groups in total. The highest BCUT2D eigenvalue weighted by Gasteiger charge is 2.23. The second-order valence-corrected chi connectivity index (χ2v) is 7.30. The minimum atomic E-state index is -3.91. The fourth-order valence-corrected chi connectivity index (χ4v) is 3.57. The van der Waals surface area contributed by atoms with Gasteiger partial charge in [-0.1, -0.05) is 18.2 Å². The van der Waals surface area contributed by atoms with Gasteiger partial charge in [0.1, 0.15) is 5.56 Å². The summed E-state index contributed by atoms with van der Waals surface area (Å²) < 4.78 is 34.0. The third-order valence-corrected chi connectivity index (χ3v) is 5.18. The van der Waals surface area contributed by atoms with E-state index in [1.807, 2.05) is 6.07 Å². The summed E-state index contributed by atoms with van der Waals surface area (Å²) in [6, 6.07) is 10.1. The quantitative estimate of drug-likeness (QED) is 0.653. The standard InChI is InChI=1S/C18H18N4O4S/c1-3-26-18(23)16-12-20-22(2)17(16)21-27(24,25)15-8-6-13(7-9-15)14-5-4-10-19-11-14/h4-12,21H,3H2,1-2H3. The summed E-state index contributed by atoms with van der Waals surface area (Å²) >= 11 is 0. The molecular formula is C18H18N4O4S. The second kappa shape index (κ2) is 7.58. The maximum Gasteiger partial charge on any atom is 0.343 e. The Morgan fingerprint density at radius 2 is 1.89 bits per heavy atom. The van der Waals surface area contributed by atoms with Gasteiger partial charge in [-0.3, -0.25) is 14.4 Å². The van der Waals surface area contributed by atoms with Crippen LogP contribution >= 0.6 is 0 Å². The number of nitrogens with one attached hydrogen (secondary N) is 1. The van der Waals surface area contributed by atoms with Crippen molar-refractivity contribution in [3.63, 3.8) is 0 Å². The molecule has 3 aromatic rings. The molecule has 0 radical (unpaired) electrons. The molecule has 0 aliphatic heterocycles. The minimum Gasteiger partial charge on any atom is -0.462 e. The van der Waals surface area contributed by atoms with Gasteiger partial charge in [0, 0.05) is 19.4 Å². The van der Waals surface area contributed by atoms with E-state index in [2.05, 4.69) is 14.8 Å². The summed E-state index contributed by atoms with van der Waals surface area (Å²) in [6.45, 7) is 1.84. The third-order valence-electron chi connectivity index (χ3n) is 3.82. The molecule has 2 heterocycles. The molecule has 0 spiro atoms. The van der Waals surface area contributed by atoms with Crippen LogP contribution < -0.4 is 4.72 Å². The Morgan fingerprint density at radius 1 is 1.15 bits per heavy atom. The van der Waals surface area contributed by atoms with Crippen molar-refractivity contribution < 1.29 is 17.9 Å². The highest BCUT2D eigenvalue weighted by atomic mass is 32.2. The molecule has 9 heteroatoms. The van der Waals surface area contributed by atoms with Gasteiger partial charge in [-0.2, -0.15) is 5.10 Å². The largest absolute Gasteiger partial charge is 0.462 e. The van der Waals surface area contributed by atoms with Crippen LogP contribution in [-0.2, 0) is 21.8 Å². The van der Waals surface area contributed by atoms with Crippen molar-refractivity contribution in [2.24, 2.45) is 7.05 Å². The van der Waals surface area contributed by atoms with Crippen molar-refractivity contribution in [1.82, 2.24) is 14.8 Å². The van der Waals surface area contributed by atoms with E-state index in [1.54, 1.807) is 37.5 Å². The Kier molecular flexibility index (Phi) is 5.22. The number of benzene rings is 1. The Hall–Kier alpha value is -3.20. The molecular weight excluding hydrogens is 368 g/mol. The Labute approximate surface area is 156 Å². The van der Waals surface area contributed by atoms with Crippen LogP contribution in [0.2, 0.25) is 0 Å². The number of carbonyl (C=O) groups is 1. The molecule has 3 rings (SSSR count). The van der Waals surface area contributed by atoms with E-state index in [0.717, 1.165) is 11.1 Å². The maximum atomic E-state index is 12.7. The van der Waals surface area contributed by atoms with E-state index in [1.165, 1.54) is 30.1 Å². The molecule has 0 atom stereocenters. The lowest BCUT2D eigenvalue weighted by atomic mass is 10.1. The van der Waals surface area contributed by atoms with E-state index >= 15 is 0 Å². The molecule has 27 heavy (non-hydrogen) atoms. The first kappa shape index (κ1) is 18.6. The number of hydrogen-bond acceptors (Lipinski definition) is 6. The van der Waals surface area contributed by atoms with E-state index in [-0.39, 0.29) is 22.9 Å². The van der Waals surface area contributed by atoms with Crippen LogP contribution in [0.5, 0.6) is 0 Å². The summed E-state index contributed by atoms with van der Waals surface area (Å²) in [5, 5.41) is 3.93. The number of pyridine rings is 1. The Morgan fingerprint density at radius 3 is 2.52 bits per heavy atom. The molecule has 0 fully saturated rings. The van der Waals surface area contributed by atoms with Gasteiger partial charge in [0.15, 0.2) is 5.82 Å². The lowest BCUT2D eigenvalue weighted by molar-refractivity contribution is 0.0527. The van der Waals surface area contributed by atoms with Gasteiger partial charge < -0.3 is 4.74 Å². The molecule has 0 aliphatic carbocycles. The zero-order valence-electron chi connectivity index (χ0n) is 14.8. The summed E-state index contributed by atoms with van der Waals surface area (Å²) in [5.41, 5.74) is 1.77. The molecule has 2 aromatic heterocycles. The number of anilines is 1. The third kappa shape index (κ3) is 3.98. The van der Waals surface area contributed by atoms with E-state index in [4.69, 9.17) is 4.74 Å². The number of ether oxygens (including phenoxy) is 1. The lowest BCUT2D eigenvalue weighted by Crippen LogP contribution is -2.18. The van der Waals surface area contributed by atoms with Crippen molar-refractivity contribution in [3.8, 4) is 11.1 Å². The molecule has 0 bridgehead atoms. The van der Waals surface area contributed by atoms with Gasteiger partial charge in [-0.25, -0.2) is 13.2 Å². The van der Waals surface area contributed by atoms with Crippen molar-refractivity contribution in [2.75, 3.05) is 11.3 Å². The van der Waals surface area contributed by atoms with Crippen molar-refractivity contribution in [3.05, 3.63) is 60.6 Å². The number of sulfonamides is 1. The topological polar surface area (TPSA) is 103 Å². The molecule has 0 unspecified atom stereocenters. The van der Waals surface area contributed by atoms with Gasteiger partial charge in [0.25, 0.3) is 10.0 Å². The van der Waals surface area contributed by atoms with Crippen LogP contribution in [0.4, 0.5) is 5.82 Å². The van der Waals surface area contributed by atoms with Crippen LogP contribution in [0.25, 0.3) is 11.1 Å². The Balaban J connectivity index is 1.88. The number of esters is 1. The highest BCUT2D eigenvalue weighted by Crippen LogP contribution is 2.23. The first-order chi connectivity index (χ1) is 12.9. The molecule has 0 saturated carbocycles. The predicted octanol–water partition coefficient (Wildman–Crippen LogP) is 2.46. The van der Waals surface area contributed by atoms with E-state index in [0.29, 0.717) is 0 Å².